The van der Waals surface area contributed by atoms with Crippen LogP contribution in [0.2, 0.25) is 0 Å². The number of hydrazone groups is 1. The Morgan fingerprint density at radius 2 is 1.27 bits per heavy atom. The number of hydrogen-bond donors (Lipinski definition) is 2. The molecule has 0 unspecified atom stereocenters. The molecule has 0 aromatic heterocycles. The molecule has 0 aliphatic carbocycles. The Morgan fingerprint density at radius 3 is 1.82 bits per heavy atom. The van der Waals surface area contributed by atoms with Crippen LogP contribution in [0.4, 0.5) is 11.4 Å². The van der Waals surface area contributed by atoms with Gasteiger partial charge in [-0.3, -0.25) is 9.59 Å². The van der Waals surface area contributed by atoms with Crippen LogP contribution in [-0.2, 0) is 4.79 Å². The molecule has 210 valence electrons. The molecule has 3 aromatic rings. The summed E-state index contributed by atoms with van der Waals surface area (Å²) < 4.78 is 0. The summed E-state index contributed by atoms with van der Waals surface area (Å²) in [4.78, 5) is 30.6. The van der Waals surface area contributed by atoms with Crippen molar-refractivity contribution in [1.29, 1.82) is 0 Å². The van der Waals surface area contributed by atoms with E-state index in [1.54, 1.807) is 36.6 Å². The minimum Gasteiger partial charge on any atom is -0.372 e. The summed E-state index contributed by atoms with van der Waals surface area (Å²) >= 11 is 0. The highest BCUT2D eigenvalue weighted by Gasteiger charge is 2.14. The summed E-state index contributed by atoms with van der Waals surface area (Å²) in [6.45, 7) is 12.4. The highest BCUT2D eigenvalue weighted by Crippen LogP contribution is 2.17. The fourth-order valence-corrected chi connectivity index (χ4v) is 4.39. The van der Waals surface area contributed by atoms with Crippen LogP contribution in [0.25, 0.3) is 6.08 Å². The molecule has 0 radical (unpaired) electrons. The predicted molar refractivity (Wildman–Crippen MR) is 167 cm³/mol. The van der Waals surface area contributed by atoms with Gasteiger partial charge in [0, 0.05) is 43.1 Å². The van der Waals surface area contributed by atoms with E-state index in [0.29, 0.717) is 5.56 Å². The van der Waals surface area contributed by atoms with Crippen molar-refractivity contribution >= 4 is 35.5 Å². The third-order valence-electron chi connectivity index (χ3n) is 6.49. The Labute approximate surface area is 238 Å². The van der Waals surface area contributed by atoms with Crippen molar-refractivity contribution in [3.05, 3.63) is 101 Å². The van der Waals surface area contributed by atoms with Crippen molar-refractivity contribution in [2.75, 3.05) is 36.0 Å². The third-order valence-corrected chi connectivity index (χ3v) is 6.49. The Bertz CT molecular complexity index is 1260. The van der Waals surface area contributed by atoms with Crippen LogP contribution >= 0.6 is 0 Å². The number of carbonyl (C=O) groups is 2. The summed E-state index contributed by atoms with van der Waals surface area (Å²) in [6, 6.07) is 24.8. The zero-order valence-corrected chi connectivity index (χ0v) is 24.1. The molecule has 0 saturated carbocycles. The second kappa shape index (κ2) is 15.9. The molecule has 0 bridgehead atoms. The fraction of sp³-hybridized carbons (Fsp3) is 0.303. The SMILES string of the molecule is CCCN(CCC)c1ccc(C=NNC(=O)C(=Cc2ccc(N(CC)CC)cc2)NC(=O)c2ccccc2)cc1. The lowest BCUT2D eigenvalue weighted by molar-refractivity contribution is -0.117. The van der Waals surface area contributed by atoms with E-state index in [9.17, 15) is 9.59 Å². The van der Waals surface area contributed by atoms with Crippen LogP contribution in [0.1, 0.15) is 62.0 Å². The maximum absolute atomic E-state index is 13.1. The first-order valence-corrected chi connectivity index (χ1v) is 14.1. The second-order valence-corrected chi connectivity index (χ2v) is 9.42. The number of rotatable bonds is 14. The van der Waals surface area contributed by atoms with Crippen molar-refractivity contribution in [3.63, 3.8) is 0 Å². The molecule has 7 nitrogen and oxygen atoms in total. The quantitative estimate of drug-likeness (QED) is 0.148. The van der Waals surface area contributed by atoms with Gasteiger partial charge in [0.15, 0.2) is 0 Å². The molecule has 40 heavy (non-hydrogen) atoms. The van der Waals surface area contributed by atoms with Gasteiger partial charge >= 0.3 is 0 Å². The number of carbonyl (C=O) groups excluding carboxylic acids is 2. The van der Waals surface area contributed by atoms with E-state index in [1.165, 1.54) is 5.69 Å². The second-order valence-electron chi connectivity index (χ2n) is 9.42. The van der Waals surface area contributed by atoms with Crippen LogP contribution in [0.3, 0.4) is 0 Å². The number of benzene rings is 3. The van der Waals surface area contributed by atoms with E-state index in [1.807, 2.05) is 42.5 Å². The van der Waals surface area contributed by atoms with Gasteiger partial charge in [0.25, 0.3) is 11.8 Å². The maximum Gasteiger partial charge on any atom is 0.287 e. The van der Waals surface area contributed by atoms with Crippen LogP contribution in [0.15, 0.2) is 89.7 Å². The first kappa shape index (κ1) is 30.2. The third kappa shape index (κ3) is 8.83. The Kier molecular flexibility index (Phi) is 12.0. The largest absolute Gasteiger partial charge is 0.372 e. The zero-order chi connectivity index (χ0) is 28.7. The molecule has 7 heteroatoms. The Hall–Kier alpha value is -4.39. The summed E-state index contributed by atoms with van der Waals surface area (Å²) in [5.41, 5.74) is 7.05. The topological polar surface area (TPSA) is 77.0 Å². The van der Waals surface area contributed by atoms with E-state index in [-0.39, 0.29) is 11.6 Å². The lowest BCUT2D eigenvalue weighted by atomic mass is 10.1. The summed E-state index contributed by atoms with van der Waals surface area (Å²) in [5, 5.41) is 6.91. The van der Waals surface area contributed by atoms with E-state index in [4.69, 9.17) is 0 Å². The standard InChI is InChI=1S/C33H41N5O2/c1-5-22-38(23-6-2)30-20-16-27(17-21-30)25-34-36-33(40)31(35-32(39)28-12-10-9-11-13-28)24-26-14-18-29(19-15-26)37(7-3)8-4/h9-21,24-25H,5-8,22-23H2,1-4H3,(H,35,39)(H,36,40). The van der Waals surface area contributed by atoms with E-state index in [0.717, 1.165) is 55.8 Å². The van der Waals surface area contributed by atoms with Gasteiger partial charge in [0.05, 0.1) is 6.21 Å². The number of nitrogens with zero attached hydrogens (tertiary/aromatic N) is 3. The molecule has 0 heterocycles. The zero-order valence-electron chi connectivity index (χ0n) is 24.1. The molecule has 0 aliphatic rings. The van der Waals surface area contributed by atoms with Crippen molar-refractivity contribution in [2.24, 2.45) is 5.10 Å². The fourth-order valence-electron chi connectivity index (χ4n) is 4.39. The Balaban J connectivity index is 1.76. The summed E-state index contributed by atoms with van der Waals surface area (Å²) in [5.74, 6) is -0.882. The van der Waals surface area contributed by atoms with E-state index < -0.39 is 5.91 Å². The lowest BCUT2D eigenvalue weighted by Gasteiger charge is -2.23. The van der Waals surface area contributed by atoms with E-state index in [2.05, 4.69) is 65.5 Å². The molecule has 0 saturated heterocycles. The maximum atomic E-state index is 13.1. The Morgan fingerprint density at radius 1 is 0.725 bits per heavy atom. The minimum atomic E-state index is -0.512. The average Bonchev–Trinajstić information content (AvgIpc) is 2.99. The molecule has 0 atom stereocenters. The van der Waals surface area contributed by atoms with E-state index >= 15 is 0 Å². The van der Waals surface area contributed by atoms with Crippen LogP contribution in [-0.4, -0.2) is 44.2 Å². The normalized spacial score (nSPS) is 11.3. The molecule has 0 aliphatic heterocycles. The van der Waals surface area contributed by atoms with Crippen molar-refractivity contribution in [1.82, 2.24) is 10.7 Å². The number of anilines is 2. The van der Waals surface area contributed by atoms with Gasteiger partial charge in [-0.05, 0) is 80.3 Å². The number of amides is 2. The van der Waals surface area contributed by atoms with Gasteiger partial charge in [0.1, 0.15) is 5.70 Å². The summed E-state index contributed by atoms with van der Waals surface area (Å²) in [6.07, 6.45) is 5.43. The van der Waals surface area contributed by atoms with Crippen molar-refractivity contribution in [3.8, 4) is 0 Å². The van der Waals surface area contributed by atoms with Gasteiger partial charge in [-0.25, -0.2) is 5.43 Å². The monoisotopic (exact) mass is 539 g/mol. The van der Waals surface area contributed by atoms with Crippen molar-refractivity contribution in [2.45, 2.75) is 40.5 Å². The molecular weight excluding hydrogens is 498 g/mol. The van der Waals surface area contributed by atoms with Gasteiger partial charge in [-0.15, -0.1) is 0 Å². The summed E-state index contributed by atoms with van der Waals surface area (Å²) in [7, 11) is 0. The van der Waals surface area contributed by atoms with Gasteiger partial charge in [-0.1, -0.05) is 56.3 Å². The van der Waals surface area contributed by atoms with Gasteiger partial charge in [0.2, 0.25) is 0 Å². The highest BCUT2D eigenvalue weighted by atomic mass is 16.2. The molecule has 2 amide bonds. The smallest absolute Gasteiger partial charge is 0.287 e. The molecule has 0 spiro atoms. The minimum absolute atomic E-state index is 0.103. The first-order chi connectivity index (χ1) is 19.5. The molecular formula is C33H41N5O2. The lowest BCUT2D eigenvalue weighted by Crippen LogP contribution is -2.32. The van der Waals surface area contributed by atoms with Gasteiger partial charge in [-0.2, -0.15) is 5.10 Å². The number of hydrogen-bond acceptors (Lipinski definition) is 5. The molecule has 3 rings (SSSR count). The van der Waals surface area contributed by atoms with Crippen LogP contribution in [0, 0.1) is 0 Å². The van der Waals surface area contributed by atoms with Crippen LogP contribution < -0.4 is 20.5 Å². The van der Waals surface area contributed by atoms with Gasteiger partial charge < -0.3 is 15.1 Å². The molecule has 3 aromatic carbocycles. The average molecular weight is 540 g/mol. The first-order valence-electron chi connectivity index (χ1n) is 14.1. The predicted octanol–water partition coefficient (Wildman–Crippen LogP) is 6.08. The number of nitrogens with one attached hydrogen (secondary N) is 2. The molecule has 2 N–H and O–H groups in total. The molecule has 0 fully saturated rings. The van der Waals surface area contributed by atoms with Crippen molar-refractivity contribution < 1.29 is 9.59 Å². The van der Waals surface area contributed by atoms with Crippen LogP contribution in [0.5, 0.6) is 0 Å². The highest BCUT2D eigenvalue weighted by molar-refractivity contribution is 6.05.